The highest BCUT2D eigenvalue weighted by atomic mass is 32.2. The van der Waals surface area contributed by atoms with E-state index in [1.165, 1.54) is 0 Å². The van der Waals surface area contributed by atoms with Crippen LogP contribution in [0.4, 0.5) is 5.69 Å². The van der Waals surface area contributed by atoms with Gasteiger partial charge in [0.2, 0.25) is 10.0 Å². The van der Waals surface area contributed by atoms with Crippen LogP contribution in [0.3, 0.4) is 0 Å². The van der Waals surface area contributed by atoms with Gasteiger partial charge in [0.15, 0.2) is 0 Å². The number of para-hydroxylation sites is 1. The molecule has 2 rings (SSSR count). The summed E-state index contributed by atoms with van der Waals surface area (Å²) in [6.45, 7) is 0.330. The Morgan fingerprint density at radius 1 is 0.895 bits per heavy atom. The fraction of sp³-hybridized carbons (Fsp3) is 0.143. The van der Waals surface area contributed by atoms with Crippen LogP contribution in [0.15, 0.2) is 54.6 Å². The second kappa shape index (κ2) is 5.86. The summed E-state index contributed by atoms with van der Waals surface area (Å²) in [4.78, 5) is 0. The van der Waals surface area contributed by atoms with Crippen LogP contribution in [0.2, 0.25) is 0 Å². The first kappa shape index (κ1) is 13.6. The Bertz CT molecular complexity index is 640. The number of nitrogens with two attached hydrogens (primary N) is 1. The first-order chi connectivity index (χ1) is 9.11. The third kappa shape index (κ3) is 3.81. The molecule has 0 aliphatic carbocycles. The third-order valence-electron chi connectivity index (χ3n) is 2.73. The van der Waals surface area contributed by atoms with E-state index in [-0.39, 0.29) is 5.75 Å². The highest BCUT2D eigenvalue weighted by Crippen LogP contribution is 2.15. The van der Waals surface area contributed by atoms with Crippen molar-refractivity contribution >= 4 is 15.7 Å². The van der Waals surface area contributed by atoms with E-state index >= 15 is 0 Å². The lowest BCUT2D eigenvalue weighted by molar-refractivity contribution is 0.600. The van der Waals surface area contributed by atoms with Crippen LogP contribution < -0.4 is 10.5 Å². The molecule has 5 heteroatoms. The first-order valence-electron chi connectivity index (χ1n) is 5.93. The Balaban J connectivity index is 2.18. The predicted molar refractivity (Wildman–Crippen MR) is 77.0 cm³/mol. The molecule has 0 aliphatic rings. The van der Waals surface area contributed by atoms with Crippen molar-refractivity contribution in [2.45, 2.75) is 12.3 Å². The summed E-state index contributed by atoms with van der Waals surface area (Å²) in [5.41, 5.74) is 7.75. The van der Waals surface area contributed by atoms with Crippen LogP contribution in [0, 0.1) is 0 Å². The van der Waals surface area contributed by atoms with Crippen molar-refractivity contribution in [1.29, 1.82) is 0 Å². The minimum absolute atomic E-state index is 0.0741. The Morgan fingerprint density at radius 2 is 1.47 bits per heavy atom. The van der Waals surface area contributed by atoms with E-state index in [1.807, 2.05) is 24.3 Å². The van der Waals surface area contributed by atoms with Gasteiger partial charge in [-0.15, -0.1) is 0 Å². The molecule has 0 radical (unpaired) electrons. The van der Waals surface area contributed by atoms with Crippen molar-refractivity contribution in [2.24, 2.45) is 5.73 Å². The minimum atomic E-state index is -3.43. The number of sulfonamides is 1. The zero-order valence-corrected chi connectivity index (χ0v) is 11.2. The largest absolute Gasteiger partial charge is 0.326 e. The molecule has 3 N–H and O–H groups in total. The second-order valence-corrected chi connectivity index (χ2v) is 5.92. The molecule has 2 aromatic carbocycles. The van der Waals surface area contributed by atoms with Crippen LogP contribution in [0.25, 0.3) is 0 Å². The standard InChI is InChI=1S/C14H16N2O2S/c15-10-12-6-4-5-7-13(12)11-19(17,18)16-14-8-2-1-3-9-14/h1-9,16H,10-11,15H2. The molecule has 0 heterocycles. The summed E-state index contributed by atoms with van der Waals surface area (Å²) in [5.74, 6) is -0.0741. The third-order valence-corrected chi connectivity index (χ3v) is 3.97. The normalized spacial score (nSPS) is 11.2. The summed E-state index contributed by atoms with van der Waals surface area (Å²) in [6, 6.07) is 16.1. The smallest absolute Gasteiger partial charge is 0.236 e. The van der Waals surface area contributed by atoms with Gasteiger partial charge < -0.3 is 5.73 Å². The number of rotatable bonds is 5. The first-order valence-corrected chi connectivity index (χ1v) is 7.58. The van der Waals surface area contributed by atoms with Gasteiger partial charge in [0.05, 0.1) is 5.75 Å². The van der Waals surface area contributed by atoms with Crippen LogP contribution in [-0.4, -0.2) is 8.42 Å². The highest BCUT2D eigenvalue weighted by Gasteiger charge is 2.13. The van der Waals surface area contributed by atoms with E-state index in [1.54, 1.807) is 30.3 Å². The van der Waals surface area contributed by atoms with Crippen LogP contribution in [0.5, 0.6) is 0 Å². The topological polar surface area (TPSA) is 72.2 Å². The van der Waals surface area contributed by atoms with Gasteiger partial charge in [-0.2, -0.15) is 0 Å². The zero-order valence-electron chi connectivity index (χ0n) is 10.4. The Hall–Kier alpha value is -1.85. The van der Waals surface area contributed by atoms with Gasteiger partial charge in [-0.25, -0.2) is 8.42 Å². The maximum Gasteiger partial charge on any atom is 0.236 e. The van der Waals surface area contributed by atoms with E-state index in [9.17, 15) is 8.42 Å². The Morgan fingerprint density at radius 3 is 2.11 bits per heavy atom. The van der Waals surface area contributed by atoms with E-state index in [0.29, 0.717) is 12.2 Å². The molecule has 0 fully saturated rings. The molecule has 0 saturated carbocycles. The summed E-state index contributed by atoms with van der Waals surface area (Å²) < 4.78 is 26.7. The van der Waals surface area contributed by atoms with Crippen molar-refractivity contribution in [3.63, 3.8) is 0 Å². The van der Waals surface area contributed by atoms with Gasteiger partial charge >= 0.3 is 0 Å². The number of benzene rings is 2. The van der Waals surface area contributed by atoms with Gasteiger partial charge in [-0.3, -0.25) is 4.72 Å². The monoisotopic (exact) mass is 276 g/mol. The lowest BCUT2D eigenvalue weighted by atomic mass is 10.1. The molecule has 0 aliphatic heterocycles. The van der Waals surface area contributed by atoms with E-state index < -0.39 is 10.0 Å². The van der Waals surface area contributed by atoms with Crippen molar-refractivity contribution in [1.82, 2.24) is 0 Å². The number of anilines is 1. The van der Waals surface area contributed by atoms with Gasteiger partial charge in [0.25, 0.3) is 0 Å². The fourth-order valence-corrected chi connectivity index (χ4v) is 3.08. The van der Waals surface area contributed by atoms with E-state index in [4.69, 9.17) is 5.73 Å². The molecule has 0 unspecified atom stereocenters. The molecule has 19 heavy (non-hydrogen) atoms. The molecule has 0 bridgehead atoms. The molecule has 0 amide bonds. The predicted octanol–water partition coefficient (Wildman–Crippen LogP) is 2.09. The minimum Gasteiger partial charge on any atom is -0.326 e. The number of nitrogens with one attached hydrogen (secondary N) is 1. The number of hydrogen-bond acceptors (Lipinski definition) is 3. The Labute approximate surface area is 113 Å². The maximum absolute atomic E-state index is 12.1. The van der Waals surface area contributed by atoms with Crippen LogP contribution in [0.1, 0.15) is 11.1 Å². The summed E-state index contributed by atoms with van der Waals surface area (Å²) in [5, 5.41) is 0. The van der Waals surface area contributed by atoms with Crippen LogP contribution in [-0.2, 0) is 22.3 Å². The molecule has 2 aromatic rings. The van der Waals surface area contributed by atoms with E-state index in [2.05, 4.69) is 4.72 Å². The van der Waals surface area contributed by atoms with Gasteiger partial charge in [0.1, 0.15) is 0 Å². The summed E-state index contributed by atoms with van der Waals surface area (Å²) in [6.07, 6.45) is 0. The summed E-state index contributed by atoms with van der Waals surface area (Å²) in [7, 11) is -3.43. The van der Waals surface area contributed by atoms with E-state index in [0.717, 1.165) is 11.1 Å². The SMILES string of the molecule is NCc1ccccc1CS(=O)(=O)Nc1ccccc1. The average molecular weight is 276 g/mol. The summed E-state index contributed by atoms with van der Waals surface area (Å²) >= 11 is 0. The maximum atomic E-state index is 12.1. The number of hydrogen-bond donors (Lipinski definition) is 2. The highest BCUT2D eigenvalue weighted by molar-refractivity contribution is 7.91. The molecular formula is C14H16N2O2S. The fourth-order valence-electron chi connectivity index (χ4n) is 1.82. The lowest BCUT2D eigenvalue weighted by Gasteiger charge is -2.10. The average Bonchev–Trinajstić information content (AvgIpc) is 2.39. The van der Waals surface area contributed by atoms with Crippen molar-refractivity contribution in [3.05, 3.63) is 65.7 Å². The van der Waals surface area contributed by atoms with Gasteiger partial charge in [0, 0.05) is 12.2 Å². The molecule has 0 spiro atoms. The van der Waals surface area contributed by atoms with Crippen molar-refractivity contribution < 1.29 is 8.42 Å². The van der Waals surface area contributed by atoms with Crippen LogP contribution >= 0.6 is 0 Å². The van der Waals surface area contributed by atoms with Gasteiger partial charge in [-0.1, -0.05) is 42.5 Å². The molecule has 0 atom stereocenters. The molecule has 100 valence electrons. The molecule has 0 aromatic heterocycles. The molecule has 4 nitrogen and oxygen atoms in total. The lowest BCUT2D eigenvalue weighted by Crippen LogP contribution is -2.16. The molecule has 0 saturated heterocycles. The van der Waals surface area contributed by atoms with Crippen molar-refractivity contribution in [2.75, 3.05) is 4.72 Å². The second-order valence-electron chi connectivity index (χ2n) is 4.20. The molecular weight excluding hydrogens is 260 g/mol. The Kier molecular flexibility index (Phi) is 4.19. The quantitative estimate of drug-likeness (QED) is 0.878. The zero-order chi connectivity index (χ0) is 13.7. The van der Waals surface area contributed by atoms with Gasteiger partial charge in [-0.05, 0) is 23.3 Å². The van der Waals surface area contributed by atoms with Crippen molar-refractivity contribution in [3.8, 4) is 0 Å².